The van der Waals surface area contributed by atoms with Crippen molar-refractivity contribution < 1.29 is 14.6 Å². The van der Waals surface area contributed by atoms with Crippen molar-refractivity contribution in [2.75, 3.05) is 7.11 Å². The summed E-state index contributed by atoms with van der Waals surface area (Å²) in [6.45, 7) is 0. The second kappa shape index (κ2) is 6.28. The molecule has 0 radical (unpaired) electrons. The number of methoxy groups -OCH3 is 1. The molecule has 5 heteroatoms. The second-order valence-electron chi connectivity index (χ2n) is 2.05. The van der Waals surface area contributed by atoms with Crippen molar-refractivity contribution in [1.82, 2.24) is 6.15 Å². The van der Waals surface area contributed by atoms with E-state index >= 15 is 0 Å². The average Bonchev–Trinajstić information content (AvgIpc) is 2.05. The van der Waals surface area contributed by atoms with Gasteiger partial charge in [-0.2, -0.15) is 0 Å². The van der Waals surface area contributed by atoms with Gasteiger partial charge in [0.25, 0.3) is 0 Å². The molecule has 0 spiro atoms. The van der Waals surface area contributed by atoms with Crippen LogP contribution in [0.2, 0.25) is 0 Å². The highest BCUT2D eigenvalue weighted by atomic mass is 35.5. The summed E-state index contributed by atoms with van der Waals surface area (Å²) in [6, 6.07) is 4.41. The van der Waals surface area contributed by atoms with Gasteiger partial charge in [0.2, 0.25) is 0 Å². The van der Waals surface area contributed by atoms with Gasteiger partial charge in [-0.1, -0.05) is 0 Å². The summed E-state index contributed by atoms with van der Waals surface area (Å²) in [7, 11) is 1.43. The number of hydrogen-bond donors (Lipinski definition) is 2. The molecule has 0 aliphatic heterocycles. The van der Waals surface area contributed by atoms with Crippen molar-refractivity contribution in [3.8, 4) is 11.5 Å². The van der Waals surface area contributed by atoms with Gasteiger partial charge in [0, 0.05) is 5.56 Å². The molecular weight excluding hydrogens is 194 g/mol. The highest BCUT2D eigenvalue weighted by Crippen LogP contribution is 2.25. The summed E-state index contributed by atoms with van der Waals surface area (Å²) in [5.74, 6) is 0.354. The van der Waals surface area contributed by atoms with E-state index < -0.39 is 0 Å². The van der Waals surface area contributed by atoms with E-state index in [9.17, 15) is 4.79 Å². The van der Waals surface area contributed by atoms with Crippen molar-refractivity contribution in [3.05, 3.63) is 23.8 Å². The quantitative estimate of drug-likeness (QED) is 0.722. The monoisotopic (exact) mass is 205 g/mol. The third-order valence-corrected chi connectivity index (χ3v) is 1.34. The maximum Gasteiger partial charge on any atom is 0.161 e. The van der Waals surface area contributed by atoms with Crippen molar-refractivity contribution in [2.45, 2.75) is 0 Å². The van der Waals surface area contributed by atoms with E-state index in [-0.39, 0.29) is 24.3 Å². The van der Waals surface area contributed by atoms with Gasteiger partial charge >= 0.3 is 0 Å². The summed E-state index contributed by atoms with van der Waals surface area (Å²) >= 11 is 0. The Balaban J connectivity index is 0. The molecule has 0 aliphatic carbocycles. The van der Waals surface area contributed by atoms with E-state index in [1.54, 1.807) is 0 Å². The fourth-order valence-corrected chi connectivity index (χ4v) is 0.768. The zero-order chi connectivity index (χ0) is 8.27. The van der Waals surface area contributed by atoms with E-state index in [0.29, 0.717) is 17.6 Å². The molecule has 0 saturated heterocycles. The van der Waals surface area contributed by atoms with Gasteiger partial charge in [-0.3, -0.25) is 4.79 Å². The molecule has 0 bridgehead atoms. The minimum absolute atomic E-state index is 0. The van der Waals surface area contributed by atoms with Crippen LogP contribution in [0.15, 0.2) is 18.2 Å². The third-order valence-electron chi connectivity index (χ3n) is 1.34. The Hall–Kier alpha value is -1.26. The summed E-state index contributed by atoms with van der Waals surface area (Å²) in [4.78, 5) is 10.2. The molecule has 1 rings (SSSR count). The Morgan fingerprint density at radius 1 is 1.46 bits per heavy atom. The highest BCUT2D eigenvalue weighted by Gasteiger charge is 2.00. The number of halogens is 1. The van der Waals surface area contributed by atoms with Gasteiger partial charge in [-0.05, 0) is 18.2 Å². The molecule has 0 fully saturated rings. The molecule has 0 aliphatic rings. The highest BCUT2D eigenvalue weighted by molar-refractivity contribution is 5.85. The molecule has 4 N–H and O–H groups in total. The zero-order valence-electron chi connectivity index (χ0n) is 7.19. The number of phenols is 1. The van der Waals surface area contributed by atoms with Crippen molar-refractivity contribution in [3.63, 3.8) is 0 Å². The van der Waals surface area contributed by atoms with E-state index in [1.165, 1.54) is 25.3 Å². The standard InChI is InChI=1S/C8H8O3.ClH.H3N/c1-11-8-4-6(5-9)2-3-7(8)10;;/h2-5,10H,1H3;1H;1H3. The Bertz CT molecular complexity index is 278. The van der Waals surface area contributed by atoms with E-state index in [0.717, 1.165) is 0 Å². The van der Waals surface area contributed by atoms with Crippen molar-refractivity contribution in [1.29, 1.82) is 0 Å². The molecule has 1 aromatic rings. The van der Waals surface area contributed by atoms with Gasteiger partial charge in [0.05, 0.1) is 7.11 Å². The number of hydrogen-bond acceptors (Lipinski definition) is 4. The van der Waals surface area contributed by atoms with Gasteiger partial charge < -0.3 is 16.0 Å². The van der Waals surface area contributed by atoms with E-state index in [4.69, 9.17) is 9.84 Å². The molecule has 0 unspecified atom stereocenters. The lowest BCUT2D eigenvalue weighted by Gasteiger charge is -2.01. The lowest BCUT2D eigenvalue weighted by molar-refractivity contribution is 0.112. The van der Waals surface area contributed by atoms with Crippen LogP contribution in [-0.2, 0) is 0 Å². The normalized spacial score (nSPS) is 7.77. The van der Waals surface area contributed by atoms with E-state index in [1.807, 2.05) is 0 Å². The Kier molecular flexibility index (Phi) is 6.89. The third kappa shape index (κ3) is 3.31. The number of aromatic hydroxyl groups is 1. The largest absolute Gasteiger partial charge is 0.504 e. The number of phenolic OH excluding ortho intramolecular Hbond substituents is 1. The first-order valence-electron chi connectivity index (χ1n) is 3.10. The molecule has 0 saturated carbocycles. The predicted molar refractivity (Wildman–Crippen MR) is 52.3 cm³/mol. The number of aldehydes is 1. The zero-order valence-corrected chi connectivity index (χ0v) is 8.00. The van der Waals surface area contributed by atoms with Gasteiger partial charge in [-0.15, -0.1) is 12.4 Å². The number of benzene rings is 1. The van der Waals surface area contributed by atoms with Gasteiger partial charge in [0.15, 0.2) is 11.5 Å². The molecule has 74 valence electrons. The first-order chi connectivity index (χ1) is 5.27. The predicted octanol–water partition coefficient (Wildman–Crippen LogP) is 1.80. The SMILES string of the molecule is COc1cc(C=O)ccc1O.Cl.N. The first kappa shape index (κ1) is 14.3. The summed E-state index contributed by atoms with van der Waals surface area (Å²) in [5.41, 5.74) is 0.486. The molecule has 0 amide bonds. The molecule has 13 heavy (non-hydrogen) atoms. The maximum absolute atomic E-state index is 10.2. The van der Waals surface area contributed by atoms with Crippen LogP contribution in [0.4, 0.5) is 0 Å². The number of carbonyl (C=O) groups excluding carboxylic acids is 1. The lowest BCUT2D eigenvalue weighted by atomic mass is 10.2. The smallest absolute Gasteiger partial charge is 0.161 e. The minimum atomic E-state index is 0. The number of rotatable bonds is 2. The lowest BCUT2D eigenvalue weighted by Crippen LogP contribution is -1.85. The fourth-order valence-electron chi connectivity index (χ4n) is 0.768. The van der Waals surface area contributed by atoms with Crippen molar-refractivity contribution >= 4 is 18.7 Å². The summed E-state index contributed by atoms with van der Waals surface area (Å²) < 4.78 is 4.78. The maximum atomic E-state index is 10.2. The van der Waals surface area contributed by atoms with Crippen LogP contribution < -0.4 is 10.9 Å². The number of ether oxygens (including phenoxy) is 1. The average molecular weight is 206 g/mol. The Morgan fingerprint density at radius 2 is 2.08 bits per heavy atom. The topological polar surface area (TPSA) is 81.5 Å². The van der Waals surface area contributed by atoms with Crippen LogP contribution in [0.3, 0.4) is 0 Å². The number of carbonyl (C=O) groups is 1. The summed E-state index contributed by atoms with van der Waals surface area (Å²) in [6.07, 6.45) is 0.696. The van der Waals surface area contributed by atoms with Gasteiger partial charge in [-0.25, -0.2) is 0 Å². The van der Waals surface area contributed by atoms with Crippen molar-refractivity contribution in [2.24, 2.45) is 0 Å². The minimum Gasteiger partial charge on any atom is -0.504 e. The van der Waals surface area contributed by atoms with E-state index in [2.05, 4.69) is 0 Å². The fraction of sp³-hybridized carbons (Fsp3) is 0.125. The van der Waals surface area contributed by atoms with Crippen LogP contribution in [-0.4, -0.2) is 18.5 Å². The molecule has 4 nitrogen and oxygen atoms in total. The second-order valence-corrected chi connectivity index (χ2v) is 2.05. The molecular formula is C8H12ClNO3. The van der Waals surface area contributed by atoms with Crippen LogP contribution in [0.25, 0.3) is 0 Å². The first-order valence-corrected chi connectivity index (χ1v) is 3.10. The molecule has 0 heterocycles. The van der Waals surface area contributed by atoms with Crippen LogP contribution in [0, 0.1) is 0 Å². The molecule has 0 atom stereocenters. The Labute approximate surface area is 82.5 Å². The van der Waals surface area contributed by atoms with Gasteiger partial charge in [0.1, 0.15) is 6.29 Å². The van der Waals surface area contributed by atoms with Crippen LogP contribution in [0.5, 0.6) is 11.5 Å². The molecule has 1 aromatic carbocycles. The summed E-state index contributed by atoms with van der Waals surface area (Å²) in [5, 5.41) is 9.09. The van der Waals surface area contributed by atoms with Crippen LogP contribution >= 0.6 is 12.4 Å². The molecule has 0 aromatic heterocycles. The Morgan fingerprint density at radius 3 is 2.54 bits per heavy atom. The van der Waals surface area contributed by atoms with Crippen LogP contribution in [0.1, 0.15) is 10.4 Å².